The van der Waals surface area contributed by atoms with Crippen LogP contribution in [-0.4, -0.2) is 60.4 Å². The van der Waals surface area contributed by atoms with E-state index in [-0.39, 0.29) is 0 Å². The van der Waals surface area contributed by atoms with E-state index in [1.807, 2.05) is 54.7 Å². The van der Waals surface area contributed by atoms with Crippen LogP contribution in [-0.2, 0) is 16.0 Å². The van der Waals surface area contributed by atoms with Crippen molar-refractivity contribution < 1.29 is 19.8 Å². The van der Waals surface area contributed by atoms with Crippen LogP contribution in [0.1, 0.15) is 41.3 Å². The molecular formula is C28H28ClN5O4. The number of aromatic amines is 1. The number of rotatable bonds is 7. The molecule has 2 amide bonds. The first-order chi connectivity index (χ1) is 18.3. The van der Waals surface area contributed by atoms with Crippen molar-refractivity contribution in [3.8, 4) is 5.69 Å². The van der Waals surface area contributed by atoms with E-state index in [1.54, 1.807) is 36.3 Å². The van der Waals surface area contributed by atoms with Gasteiger partial charge in [-0.15, -0.1) is 0 Å². The Kier molecular flexibility index (Phi) is 7.33. The van der Waals surface area contributed by atoms with Crippen molar-refractivity contribution in [1.29, 1.82) is 0 Å². The summed E-state index contributed by atoms with van der Waals surface area (Å²) in [5.74, 6) is -1.56. The van der Waals surface area contributed by atoms with Gasteiger partial charge in [0, 0.05) is 36.4 Å². The number of aliphatic hydroxyl groups is 2. The molecule has 1 aliphatic rings. The van der Waals surface area contributed by atoms with Gasteiger partial charge in [-0.2, -0.15) is 5.10 Å². The Morgan fingerprint density at radius 1 is 1.13 bits per heavy atom. The summed E-state index contributed by atoms with van der Waals surface area (Å²) in [6.45, 7) is 2.06. The Bertz CT molecular complexity index is 1410. The molecule has 0 fully saturated rings. The number of hydrogen-bond acceptors (Lipinski definition) is 5. The van der Waals surface area contributed by atoms with Crippen LogP contribution < -0.4 is 5.32 Å². The molecule has 1 unspecified atom stereocenters. The number of aromatic nitrogens is 3. The summed E-state index contributed by atoms with van der Waals surface area (Å²) in [4.78, 5) is 30.8. The minimum absolute atomic E-state index is 0.298. The molecular weight excluding hydrogens is 506 g/mol. The highest BCUT2D eigenvalue weighted by atomic mass is 35.5. The van der Waals surface area contributed by atoms with Crippen LogP contribution in [0.15, 0.2) is 79.4 Å². The van der Waals surface area contributed by atoms with Crippen molar-refractivity contribution >= 4 is 23.4 Å². The molecule has 0 aliphatic carbocycles. The van der Waals surface area contributed by atoms with Crippen molar-refractivity contribution in [3.63, 3.8) is 0 Å². The number of nitrogens with one attached hydrogen (secondary N) is 2. The van der Waals surface area contributed by atoms with Crippen molar-refractivity contribution in [3.05, 3.63) is 107 Å². The van der Waals surface area contributed by atoms with Gasteiger partial charge >= 0.3 is 0 Å². The molecule has 196 valence electrons. The van der Waals surface area contributed by atoms with Gasteiger partial charge in [0.1, 0.15) is 0 Å². The second kappa shape index (κ2) is 10.8. The zero-order chi connectivity index (χ0) is 26.8. The third-order valence-corrected chi connectivity index (χ3v) is 7.13. The Morgan fingerprint density at radius 2 is 1.92 bits per heavy atom. The quantitative estimate of drug-likeness (QED) is 0.291. The number of carbonyl (C=O) groups excluding carboxylic acids is 2. The first-order valence-corrected chi connectivity index (χ1v) is 12.7. The molecule has 4 aromatic rings. The first-order valence-electron chi connectivity index (χ1n) is 12.3. The highest BCUT2D eigenvalue weighted by Crippen LogP contribution is 2.36. The lowest BCUT2D eigenvalue weighted by molar-refractivity contribution is -0.155. The molecule has 4 N–H and O–H groups in total. The Hall–Kier alpha value is -3.92. The number of nitrogens with zero attached hydrogens (tertiary/aromatic N) is 3. The zero-order valence-corrected chi connectivity index (χ0v) is 21.4. The second-order valence-corrected chi connectivity index (χ2v) is 9.77. The Labute approximate surface area is 224 Å². The van der Waals surface area contributed by atoms with Gasteiger partial charge in [0.15, 0.2) is 12.2 Å². The molecule has 10 heteroatoms. The lowest BCUT2D eigenvalue weighted by Gasteiger charge is -2.38. The SMILES string of the molecule is C[C@@H](NC(=O)[C@H](O)[C@@H](O)C(=O)N1CCc2cc(Cl)ccc2C1c1cc[nH]c1)c1ccc(-n2cccn2)cc1. The number of aliphatic hydroxyl groups excluding tert-OH is 2. The van der Waals surface area contributed by atoms with Gasteiger partial charge in [0.25, 0.3) is 11.8 Å². The summed E-state index contributed by atoms with van der Waals surface area (Å²) in [6, 6.07) is 15.6. The van der Waals surface area contributed by atoms with E-state index in [0.717, 1.165) is 27.9 Å². The molecule has 9 nitrogen and oxygen atoms in total. The molecule has 0 bridgehead atoms. The van der Waals surface area contributed by atoms with E-state index >= 15 is 0 Å². The number of halogens is 1. The molecule has 4 atom stereocenters. The zero-order valence-electron chi connectivity index (χ0n) is 20.7. The fraction of sp³-hybridized carbons (Fsp3) is 0.250. The summed E-state index contributed by atoms with van der Waals surface area (Å²) in [6.07, 6.45) is 3.71. The summed E-state index contributed by atoms with van der Waals surface area (Å²) in [7, 11) is 0. The van der Waals surface area contributed by atoms with Gasteiger partial charge in [-0.25, -0.2) is 4.68 Å². The van der Waals surface area contributed by atoms with Crippen LogP contribution in [0.4, 0.5) is 0 Å². The summed E-state index contributed by atoms with van der Waals surface area (Å²) < 4.78 is 1.72. The smallest absolute Gasteiger partial charge is 0.255 e. The molecule has 0 saturated heterocycles. The number of hydrogen-bond donors (Lipinski definition) is 4. The molecule has 2 aromatic carbocycles. The second-order valence-electron chi connectivity index (χ2n) is 9.33. The average Bonchev–Trinajstić information content (AvgIpc) is 3.66. The molecule has 0 saturated carbocycles. The maximum Gasteiger partial charge on any atom is 0.255 e. The van der Waals surface area contributed by atoms with E-state index in [1.165, 1.54) is 4.90 Å². The predicted molar refractivity (Wildman–Crippen MR) is 142 cm³/mol. The average molecular weight is 534 g/mol. The Balaban J connectivity index is 1.28. The molecule has 2 aromatic heterocycles. The van der Waals surface area contributed by atoms with Gasteiger partial charge in [-0.3, -0.25) is 9.59 Å². The maximum absolute atomic E-state index is 13.4. The minimum Gasteiger partial charge on any atom is -0.380 e. The molecule has 0 spiro atoms. The lowest BCUT2D eigenvalue weighted by atomic mass is 9.88. The summed E-state index contributed by atoms with van der Waals surface area (Å²) >= 11 is 6.18. The van der Waals surface area contributed by atoms with Gasteiger partial charge in [0.2, 0.25) is 0 Å². The minimum atomic E-state index is -1.94. The standard InChI is InChI=1S/C28H28ClN5O4/c1-17(18-3-6-22(7-4-18)34-13-2-11-31-34)32-27(37)25(35)26(36)28(38)33-14-10-19-15-21(29)5-8-23(19)24(33)20-9-12-30-16-20/h2-9,11-13,15-17,24-26,30,35-36H,10,14H2,1H3,(H,32,37)/t17-,24?,25-,26-/m1/s1. The van der Waals surface area contributed by atoms with Gasteiger partial charge in [-0.1, -0.05) is 29.8 Å². The monoisotopic (exact) mass is 533 g/mol. The maximum atomic E-state index is 13.4. The highest BCUT2D eigenvalue weighted by Gasteiger charge is 2.39. The van der Waals surface area contributed by atoms with Crippen LogP contribution in [0, 0.1) is 0 Å². The van der Waals surface area contributed by atoms with Gasteiger partial charge in [0.05, 0.1) is 17.8 Å². The number of fused-ring (bicyclic) bond motifs is 1. The van der Waals surface area contributed by atoms with E-state index in [4.69, 9.17) is 11.6 Å². The molecule has 0 radical (unpaired) electrons. The predicted octanol–water partition coefficient (Wildman–Crippen LogP) is 2.93. The number of benzene rings is 2. The fourth-order valence-corrected chi connectivity index (χ4v) is 5.06. The molecule has 1 aliphatic heterocycles. The molecule has 5 rings (SSSR count). The highest BCUT2D eigenvalue weighted by molar-refractivity contribution is 6.30. The lowest BCUT2D eigenvalue weighted by Crippen LogP contribution is -2.53. The third-order valence-electron chi connectivity index (χ3n) is 6.90. The molecule has 38 heavy (non-hydrogen) atoms. The summed E-state index contributed by atoms with van der Waals surface area (Å²) in [5.41, 5.74) is 4.36. The normalized spacial score (nSPS) is 17.4. The third kappa shape index (κ3) is 5.08. The van der Waals surface area contributed by atoms with Gasteiger partial charge < -0.3 is 25.4 Å². The first kappa shape index (κ1) is 25.7. The van der Waals surface area contributed by atoms with E-state index < -0.39 is 36.1 Å². The van der Waals surface area contributed by atoms with Crippen molar-refractivity contribution in [1.82, 2.24) is 25.0 Å². The van der Waals surface area contributed by atoms with Crippen LogP contribution in [0.5, 0.6) is 0 Å². The van der Waals surface area contributed by atoms with Crippen molar-refractivity contribution in [2.45, 2.75) is 37.6 Å². The van der Waals surface area contributed by atoms with Gasteiger partial charge in [-0.05, 0) is 72.0 Å². The van der Waals surface area contributed by atoms with Crippen LogP contribution in [0.25, 0.3) is 5.69 Å². The fourth-order valence-electron chi connectivity index (χ4n) is 4.87. The van der Waals surface area contributed by atoms with Crippen molar-refractivity contribution in [2.24, 2.45) is 0 Å². The number of amides is 2. The number of H-pyrrole nitrogens is 1. The van der Waals surface area contributed by atoms with E-state index in [0.29, 0.717) is 18.0 Å². The Morgan fingerprint density at radius 3 is 2.61 bits per heavy atom. The topological polar surface area (TPSA) is 123 Å². The van der Waals surface area contributed by atoms with Crippen LogP contribution >= 0.6 is 11.6 Å². The van der Waals surface area contributed by atoms with E-state index in [9.17, 15) is 19.8 Å². The van der Waals surface area contributed by atoms with Crippen LogP contribution in [0.3, 0.4) is 0 Å². The van der Waals surface area contributed by atoms with Crippen LogP contribution in [0.2, 0.25) is 5.02 Å². The van der Waals surface area contributed by atoms with Crippen molar-refractivity contribution in [2.75, 3.05) is 6.54 Å². The molecule has 3 heterocycles. The summed E-state index contributed by atoms with van der Waals surface area (Å²) in [5, 5.41) is 28.9. The largest absolute Gasteiger partial charge is 0.380 e. The van der Waals surface area contributed by atoms with E-state index in [2.05, 4.69) is 15.4 Å². The number of carbonyl (C=O) groups is 2.